The van der Waals surface area contributed by atoms with E-state index in [1.54, 1.807) is 13.8 Å². The molecule has 74 valence electrons. The van der Waals surface area contributed by atoms with Crippen molar-refractivity contribution >= 4 is 7.82 Å². The van der Waals surface area contributed by atoms with Crippen LogP contribution in [0.5, 0.6) is 0 Å². The lowest BCUT2D eigenvalue weighted by Crippen LogP contribution is -2.29. The van der Waals surface area contributed by atoms with E-state index in [-0.39, 0.29) is 0 Å². The van der Waals surface area contributed by atoms with Crippen LogP contribution in [0.1, 0.15) is 40.0 Å². The fourth-order valence-corrected chi connectivity index (χ4v) is 1.65. The van der Waals surface area contributed by atoms with Crippen molar-refractivity contribution in [1.82, 2.24) is 0 Å². The largest absolute Gasteiger partial charge is 0.790 e. The number of phosphoric acid groups is 1. The average molecular weight is 194 g/mol. The molecule has 0 fully saturated rings. The Morgan fingerprint density at radius 1 is 1.42 bits per heavy atom. The molecule has 0 atom stereocenters. The van der Waals surface area contributed by atoms with E-state index >= 15 is 0 Å². The lowest BCUT2D eigenvalue weighted by Gasteiger charge is -2.38. The summed E-state index contributed by atoms with van der Waals surface area (Å²) in [5.41, 5.74) is -0.852. The van der Waals surface area contributed by atoms with Gasteiger partial charge in [0.15, 0.2) is 0 Å². The van der Waals surface area contributed by atoms with Gasteiger partial charge in [-0.1, -0.05) is 19.8 Å². The number of phosphoric ester groups is 1. The highest BCUT2D eigenvalue weighted by molar-refractivity contribution is 7.43. The van der Waals surface area contributed by atoms with Gasteiger partial charge in [-0.2, -0.15) is 0 Å². The summed E-state index contributed by atoms with van der Waals surface area (Å²) in [5, 5.41) is 0. The smallest absolute Gasteiger partial charge is 0.0678 e. The summed E-state index contributed by atoms with van der Waals surface area (Å²) in [6, 6.07) is 0. The van der Waals surface area contributed by atoms with Gasteiger partial charge in [-0.15, -0.1) is 0 Å². The molecule has 0 aliphatic heterocycles. The highest BCUT2D eigenvalue weighted by Crippen LogP contribution is 2.35. The van der Waals surface area contributed by atoms with Crippen molar-refractivity contribution in [1.29, 1.82) is 0 Å². The van der Waals surface area contributed by atoms with Crippen LogP contribution in [0.15, 0.2) is 0 Å². The number of rotatable bonds is 5. The van der Waals surface area contributed by atoms with E-state index in [1.165, 1.54) is 0 Å². The molecule has 0 bridgehead atoms. The molecule has 5 heteroatoms. The first-order valence-corrected chi connectivity index (χ1v) is 5.46. The molecule has 0 N–H and O–H groups in total. The molecule has 0 aromatic heterocycles. The van der Waals surface area contributed by atoms with E-state index in [4.69, 9.17) is 0 Å². The van der Waals surface area contributed by atoms with E-state index in [1.807, 2.05) is 6.92 Å². The maximum Gasteiger partial charge on any atom is 0.0678 e. The Kier molecular flexibility index (Phi) is 4.42. The van der Waals surface area contributed by atoms with Gasteiger partial charge >= 0.3 is 0 Å². The molecule has 0 spiro atoms. The molecule has 4 nitrogen and oxygen atoms in total. The normalized spacial score (nSPS) is 13.4. The zero-order valence-electron chi connectivity index (χ0n) is 7.70. The summed E-state index contributed by atoms with van der Waals surface area (Å²) < 4.78 is 14.6. The summed E-state index contributed by atoms with van der Waals surface area (Å²) in [4.78, 5) is 20.5. The van der Waals surface area contributed by atoms with E-state index in [9.17, 15) is 14.4 Å². The quantitative estimate of drug-likeness (QED) is 0.607. The zero-order valence-corrected chi connectivity index (χ0v) is 8.60. The van der Waals surface area contributed by atoms with Gasteiger partial charge in [-0.25, -0.2) is 0 Å². The van der Waals surface area contributed by atoms with E-state index < -0.39 is 13.4 Å². The van der Waals surface area contributed by atoms with Crippen molar-refractivity contribution in [3.8, 4) is 0 Å². The van der Waals surface area contributed by atoms with Crippen molar-refractivity contribution in [2.45, 2.75) is 45.6 Å². The first-order chi connectivity index (χ1) is 5.27. The second-order valence-electron chi connectivity index (χ2n) is 3.40. The molecule has 0 aromatic carbocycles. The Morgan fingerprint density at radius 3 is 2.25 bits per heavy atom. The molecule has 0 rings (SSSR count). The van der Waals surface area contributed by atoms with Gasteiger partial charge in [0.1, 0.15) is 0 Å². The molecule has 0 aliphatic rings. The van der Waals surface area contributed by atoms with Crippen LogP contribution in [0.3, 0.4) is 0 Å². The van der Waals surface area contributed by atoms with Crippen molar-refractivity contribution in [2.75, 3.05) is 0 Å². The molecule has 0 aliphatic carbocycles. The van der Waals surface area contributed by atoms with Crippen LogP contribution in [-0.4, -0.2) is 5.60 Å². The minimum absolute atomic E-state index is 0.581. The third-order valence-electron chi connectivity index (χ3n) is 1.49. The van der Waals surface area contributed by atoms with Gasteiger partial charge in [0.25, 0.3) is 0 Å². The monoisotopic (exact) mass is 194 g/mol. The number of hydrogen-bond acceptors (Lipinski definition) is 4. The van der Waals surface area contributed by atoms with E-state index in [0.29, 0.717) is 6.42 Å². The third-order valence-corrected chi connectivity index (χ3v) is 2.21. The van der Waals surface area contributed by atoms with Crippen molar-refractivity contribution in [3.05, 3.63) is 0 Å². The molecule has 0 amide bonds. The first kappa shape index (κ1) is 12.1. The molecule has 0 saturated carbocycles. The van der Waals surface area contributed by atoms with Crippen LogP contribution in [0.25, 0.3) is 0 Å². The van der Waals surface area contributed by atoms with Gasteiger partial charge < -0.3 is 18.9 Å². The standard InChI is InChI=1S/C7H17O4P/c1-4-5-6-7(2,3)11-12(8,9)10/h4-6H2,1-3H3,(H2,8,9,10)/p-2. The molecule has 12 heavy (non-hydrogen) atoms. The van der Waals surface area contributed by atoms with Crippen molar-refractivity contribution < 1.29 is 18.9 Å². The number of hydrogen-bond donors (Lipinski definition) is 0. The predicted molar refractivity (Wildman–Crippen MR) is 42.3 cm³/mol. The molecule has 0 radical (unpaired) electrons. The summed E-state index contributed by atoms with van der Waals surface area (Å²) in [6.45, 7) is 5.19. The van der Waals surface area contributed by atoms with Crippen LogP contribution >= 0.6 is 7.82 Å². The van der Waals surface area contributed by atoms with Gasteiger partial charge in [0.2, 0.25) is 0 Å². The van der Waals surface area contributed by atoms with Gasteiger partial charge in [0.05, 0.1) is 13.4 Å². The molecule has 0 unspecified atom stereocenters. The van der Waals surface area contributed by atoms with E-state index in [0.717, 1.165) is 12.8 Å². The SMILES string of the molecule is CCCCC(C)(C)OP(=O)([O-])[O-]. The zero-order chi connectivity index (χ0) is 9.83. The fraction of sp³-hybridized carbons (Fsp3) is 1.00. The highest BCUT2D eigenvalue weighted by atomic mass is 31.2. The lowest BCUT2D eigenvalue weighted by atomic mass is 10.0. The van der Waals surface area contributed by atoms with Crippen LogP contribution in [0.4, 0.5) is 0 Å². The minimum Gasteiger partial charge on any atom is -0.790 e. The summed E-state index contributed by atoms with van der Waals surface area (Å²) in [7, 11) is -4.83. The van der Waals surface area contributed by atoms with Crippen molar-refractivity contribution in [2.24, 2.45) is 0 Å². The molecule has 0 heterocycles. The van der Waals surface area contributed by atoms with Gasteiger partial charge in [-0.05, 0) is 20.3 Å². The fourth-order valence-electron chi connectivity index (χ4n) is 0.951. The predicted octanol–water partition coefficient (Wildman–Crippen LogP) is 0.800. The molecule has 0 saturated heterocycles. The summed E-state index contributed by atoms with van der Waals surface area (Å²) in [5.74, 6) is 0. The van der Waals surface area contributed by atoms with Crippen LogP contribution < -0.4 is 9.79 Å². The second kappa shape index (κ2) is 4.38. The summed E-state index contributed by atoms with van der Waals surface area (Å²) in [6.07, 6.45) is 2.39. The first-order valence-electron chi connectivity index (χ1n) is 4.00. The molecule has 0 aromatic rings. The average Bonchev–Trinajstić information content (AvgIpc) is 1.78. The van der Waals surface area contributed by atoms with Crippen molar-refractivity contribution in [3.63, 3.8) is 0 Å². The Hall–Kier alpha value is 0.110. The van der Waals surface area contributed by atoms with E-state index in [2.05, 4.69) is 4.52 Å². The highest BCUT2D eigenvalue weighted by Gasteiger charge is 2.18. The molecular formula is C7H15O4P-2. The summed E-state index contributed by atoms with van der Waals surface area (Å²) >= 11 is 0. The second-order valence-corrected chi connectivity index (χ2v) is 4.48. The van der Waals surface area contributed by atoms with Gasteiger partial charge in [-0.3, -0.25) is 0 Å². The van der Waals surface area contributed by atoms with Crippen LogP contribution in [-0.2, 0) is 9.09 Å². The van der Waals surface area contributed by atoms with Crippen LogP contribution in [0.2, 0.25) is 0 Å². The lowest BCUT2D eigenvalue weighted by molar-refractivity contribution is -0.348. The van der Waals surface area contributed by atoms with Gasteiger partial charge in [0, 0.05) is 0 Å². The Morgan fingerprint density at radius 2 is 1.92 bits per heavy atom. The van der Waals surface area contributed by atoms with Crippen LogP contribution in [0, 0.1) is 0 Å². The number of unbranched alkanes of at least 4 members (excludes halogenated alkanes) is 1. The Balaban J connectivity index is 3.95. The maximum atomic E-state index is 10.3. The topological polar surface area (TPSA) is 72.4 Å². The molecular weight excluding hydrogens is 179 g/mol. The third kappa shape index (κ3) is 6.80. The minimum atomic E-state index is -4.83. The maximum absolute atomic E-state index is 10.3. The Bertz CT molecular complexity index is 172. The Labute approximate surface area is 73.2 Å².